The summed E-state index contributed by atoms with van der Waals surface area (Å²) in [6, 6.07) is 0. The zero-order chi connectivity index (χ0) is 5.14. The van der Waals surface area contributed by atoms with Crippen LogP contribution in [-0.2, 0) is 0 Å². The van der Waals surface area contributed by atoms with E-state index in [1.807, 2.05) is 0 Å². The van der Waals surface area contributed by atoms with Crippen LogP contribution >= 0.6 is 0 Å². The van der Waals surface area contributed by atoms with Gasteiger partial charge in [-0.1, -0.05) is 0 Å². The van der Waals surface area contributed by atoms with Gasteiger partial charge in [-0.3, -0.25) is 0 Å². The molecule has 0 saturated heterocycles. The molecule has 8 heavy (non-hydrogen) atoms. The fourth-order valence-corrected chi connectivity index (χ4v) is 3.15. The molecule has 3 fully saturated rings. The van der Waals surface area contributed by atoms with Crippen molar-refractivity contribution in [3.63, 3.8) is 0 Å². The summed E-state index contributed by atoms with van der Waals surface area (Å²) in [4.78, 5) is 0. The van der Waals surface area contributed by atoms with Crippen molar-refractivity contribution in [1.29, 1.82) is 0 Å². The maximum Gasteiger partial charge on any atom is -0.0352 e. The van der Waals surface area contributed by atoms with Crippen molar-refractivity contribution < 1.29 is 0 Å². The molecule has 3 unspecified atom stereocenters. The highest BCUT2D eigenvalue weighted by Crippen LogP contribution is 2.65. The van der Waals surface area contributed by atoms with E-state index in [2.05, 4.69) is 0 Å². The van der Waals surface area contributed by atoms with Crippen molar-refractivity contribution in [2.45, 2.75) is 25.7 Å². The fraction of sp³-hybridized carbons (Fsp3) is 1.00. The van der Waals surface area contributed by atoms with Crippen molar-refractivity contribution in [2.75, 3.05) is 0 Å². The number of hydrogen-bond donors (Lipinski definition) is 0. The Kier molecular flexibility index (Phi) is 0.482. The average Bonchev–Trinajstić information content (AvgIpc) is 2.39. The molecule has 0 spiro atoms. The molecule has 0 heterocycles. The first-order chi connectivity index (χ1) is 3.95. The van der Waals surface area contributed by atoms with Crippen LogP contribution in [-0.4, -0.2) is 0 Å². The lowest BCUT2D eigenvalue weighted by Crippen LogP contribution is -1.95. The maximum absolute atomic E-state index is 1.62. The molecule has 0 nitrogen and oxygen atoms in total. The zero-order valence-corrected chi connectivity index (χ0v) is 5.14. The first-order valence-corrected chi connectivity index (χ1v) is 3.95. The minimum absolute atomic E-state index is 1.21. The molecule has 3 aliphatic carbocycles. The van der Waals surface area contributed by atoms with Gasteiger partial charge in [0.15, 0.2) is 0 Å². The third-order valence-corrected chi connectivity index (χ3v) is 3.62. The van der Waals surface area contributed by atoms with Gasteiger partial charge in [-0.05, 0) is 49.4 Å². The van der Waals surface area contributed by atoms with Crippen LogP contribution in [0.5, 0.6) is 0 Å². The van der Waals surface area contributed by atoms with Crippen LogP contribution < -0.4 is 0 Å². The Hall–Kier alpha value is 0. The Morgan fingerprint density at radius 1 is 0.750 bits per heavy atom. The standard InChI is InChI=1S/C8H12/c1-2-6-3-5(1)7-4-8(6)7/h5-8H,1-4H2/t5-,6?,7?,8?/m0/s1. The van der Waals surface area contributed by atoms with Gasteiger partial charge in [-0.25, -0.2) is 0 Å². The number of fused-ring (bicyclic) bond motifs is 5. The van der Waals surface area contributed by atoms with E-state index in [1.165, 1.54) is 23.7 Å². The molecular formula is C8H12. The van der Waals surface area contributed by atoms with Crippen LogP contribution in [0.25, 0.3) is 0 Å². The second-order valence-electron chi connectivity index (χ2n) is 3.90. The van der Waals surface area contributed by atoms with Gasteiger partial charge >= 0.3 is 0 Å². The normalized spacial score (nSPS) is 66.0. The van der Waals surface area contributed by atoms with Gasteiger partial charge in [0.05, 0.1) is 0 Å². The van der Waals surface area contributed by atoms with E-state index in [0.29, 0.717) is 0 Å². The lowest BCUT2D eigenvalue weighted by Gasteiger charge is -2.04. The highest BCUT2D eigenvalue weighted by atomic mass is 14.6. The van der Waals surface area contributed by atoms with E-state index >= 15 is 0 Å². The molecule has 0 aliphatic heterocycles. The maximum atomic E-state index is 1.62. The molecule has 3 aliphatic rings. The van der Waals surface area contributed by atoms with E-state index in [1.54, 1.807) is 25.7 Å². The van der Waals surface area contributed by atoms with Crippen LogP contribution in [0.15, 0.2) is 0 Å². The number of hydrogen-bond acceptors (Lipinski definition) is 0. The predicted molar refractivity (Wildman–Crippen MR) is 32.4 cm³/mol. The van der Waals surface area contributed by atoms with Crippen LogP contribution in [0.4, 0.5) is 0 Å². The largest absolute Gasteiger partial charge is 0.0499 e. The van der Waals surface area contributed by atoms with Crippen LogP contribution in [0, 0.1) is 23.7 Å². The Balaban J connectivity index is 2.02. The Bertz CT molecular complexity index is 114. The third kappa shape index (κ3) is 0.284. The topological polar surface area (TPSA) is 0 Å². The average molecular weight is 108 g/mol. The van der Waals surface area contributed by atoms with E-state index in [0.717, 1.165) is 0 Å². The van der Waals surface area contributed by atoms with Crippen molar-refractivity contribution in [3.05, 3.63) is 0 Å². The van der Waals surface area contributed by atoms with Crippen LogP contribution in [0.3, 0.4) is 0 Å². The summed E-state index contributed by atoms with van der Waals surface area (Å²) in [6.45, 7) is 0. The molecule has 4 atom stereocenters. The third-order valence-electron chi connectivity index (χ3n) is 3.62. The summed E-state index contributed by atoms with van der Waals surface area (Å²) >= 11 is 0. The quantitative estimate of drug-likeness (QED) is 0.445. The lowest BCUT2D eigenvalue weighted by atomic mass is 10.0. The summed E-state index contributed by atoms with van der Waals surface area (Å²) in [7, 11) is 0. The van der Waals surface area contributed by atoms with Gasteiger partial charge in [0, 0.05) is 0 Å². The molecule has 0 heteroatoms. The van der Waals surface area contributed by atoms with Crippen molar-refractivity contribution >= 4 is 0 Å². The molecule has 0 aromatic heterocycles. The molecule has 0 aromatic carbocycles. The van der Waals surface area contributed by atoms with Crippen molar-refractivity contribution in [3.8, 4) is 0 Å². The zero-order valence-electron chi connectivity index (χ0n) is 5.14. The Morgan fingerprint density at radius 3 is 1.75 bits per heavy atom. The minimum atomic E-state index is 1.21. The molecule has 3 rings (SSSR count). The lowest BCUT2D eigenvalue weighted by molar-refractivity contribution is 0.456. The van der Waals surface area contributed by atoms with E-state index in [4.69, 9.17) is 0 Å². The predicted octanol–water partition coefficient (Wildman–Crippen LogP) is 2.05. The Labute approximate surface area is 50.3 Å². The van der Waals surface area contributed by atoms with Crippen LogP contribution in [0.1, 0.15) is 25.7 Å². The summed E-state index contributed by atoms with van der Waals surface area (Å²) in [6.07, 6.45) is 6.42. The van der Waals surface area contributed by atoms with Gasteiger partial charge < -0.3 is 0 Å². The molecule has 3 saturated carbocycles. The second-order valence-corrected chi connectivity index (χ2v) is 3.90. The van der Waals surface area contributed by atoms with Gasteiger partial charge in [0.25, 0.3) is 0 Å². The smallest absolute Gasteiger partial charge is 0.0352 e. The van der Waals surface area contributed by atoms with E-state index < -0.39 is 0 Å². The monoisotopic (exact) mass is 108 g/mol. The highest BCUT2D eigenvalue weighted by Gasteiger charge is 2.56. The molecule has 0 aromatic rings. The van der Waals surface area contributed by atoms with E-state index in [-0.39, 0.29) is 0 Å². The molecule has 2 bridgehead atoms. The summed E-state index contributed by atoms with van der Waals surface area (Å²) in [5, 5.41) is 0. The molecule has 0 amide bonds. The summed E-state index contributed by atoms with van der Waals surface area (Å²) < 4.78 is 0. The van der Waals surface area contributed by atoms with Crippen molar-refractivity contribution in [1.82, 2.24) is 0 Å². The number of rotatable bonds is 0. The summed E-state index contributed by atoms with van der Waals surface area (Å²) in [5.41, 5.74) is 0. The van der Waals surface area contributed by atoms with Crippen molar-refractivity contribution in [2.24, 2.45) is 23.7 Å². The van der Waals surface area contributed by atoms with Gasteiger partial charge in [0.2, 0.25) is 0 Å². The van der Waals surface area contributed by atoms with Gasteiger partial charge in [-0.2, -0.15) is 0 Å². The summed E-state index contributed by atoms with van der Waals surface area (Å²) in [5.74, 6) is 4.91. The Morgan fingerprint density at radius 2 is 1.38 bits per heavy atom. The highest BCUT2D eigenvalue weighted by molar-refractivity contribution is 5.06. The molecule has 44 valence electrons. The fourth-order valence-electron chi connectivity index (χ4n) is 3.15. The second kappa shape index (κ2) is 0.984. The van der Waals surface area contributed by atoms with Crippen LogP contribution in [0.2, 0.25) is 0 Å². The molecule has 0 radical (unpaired) electrons. The molecular weight excluding hydrogens is 96.1 g/mol. The van der Waals surface area contributed by atoms with E-state index in [9.17, 15) is 0 Å². The SMILES string of the molecule is C1C[C@H]2CC1C1CC12. The molecule has 0 N–H and O–H groups in total. The first-order valence-electron chi connectivity index (χ1n) is 3.95. The van der Waals surface area contributed by atoms with Gasteiger partial charge in [0.1, 0.15) is 0 Å². The first kappa shape index (κ1) is 3.92. The van der Waals surface area contributed by atoms with Gasteiger partial charge in [-0.15, -0.1) is 0 Å². The minimum Gasteiger partial charge on any atom is -0.0499 e.